The van der Waals surface area contributed by atoms with Gasteiger partial charge in [0.05, 0.1) is 0 Å². The standard InChI is InChI=1S/C21H18/c1-13-4-7-16-17-8-5-14(2)11-20(17)21-12-15(3)6-9-18(21)19(16)10-13/h4-12H,1-3H3. The highest BCUT2D eigenvalue weighted by Gasteiger charge is 2.09. The highest BCUT2D eigenvalue weighted by molar-refractivity contribution is 6.25. The summed E-state index contributed by atoms with van der Waals surface area (Å²) in [6.07, 6.45) is 0. The summed E-state index contributed by atoms with van der Waals surface area (Å²) in [6, 6.07) is 20.4. The van der Waals surface area contributed by atoms with E-state index in [4.69, 9.17) is 0 Å². The summed E-state index contributed by atoms with van der Waals surface area (Å²) in [5.41, 5.74) is 3.95. The molecule has 0 aliphatic carbocycles. The molecule has 0 bridgehead atoms. The fourth-order valence-corrected chi connectivity index (χ4v) is 3.35. The molecule has 0 heteroatoms. The Balaban J connectivity index is 2.39. The van der Waals surface area contributed by atoms with Gasteiger partial charge in [-0.3, -0.25) is 0 Å². The molecule has 21 heavy (non-hydrogen) atoms. The van der Waals surface area contributed by atoms with Crippen molar-refractivity contribution in [1.29, 1.82) is 0 Å². The zero-order chi connectivity index (χ0) is 14.6. The van der Waals surface area contributed by atoms with Crippen LogP contribution in [0.25, 0.3) is 32.3 Å². The molecular formula is C21H18. The van der Waals surface area contributed by atoms with Crippen molar-refractivity contribution in [2.24, 2.45) is 0 Å². The van der Waals surface area contributed by atoms with E-state index in [2.05, 4.69) is 75.4 Å². The number of fused-ring (bicyclic) bond motifs is 6. The zero-order valence-electron chi connectivity index (χ0n) is 12.7. The fraction of sp³-hybridized carbons (Fsp3) is 0.143. The maximum Gasteiger partial charge on any atom is -0.00962 e. The predicted molar refractivity (Wildman–Crippen MR) is 93.2 cm³/mol. The number of aryl methyl sites for hydroxylation is 3. The molecule has 0 radical (unpaired) electrons. The quantitative estimate of drug-likeness (QED) is 0.340. The van der Waals surface area contributed by atoms with Crippen LogP contribution in [0.5, 0.6) is 0 Å². The Labute approximate surface area is 125 Å². The minimum atomic E-state index is 1.32. The van der Waals surface area contributed by atoms with E-state index in [1.54, 1.807) is 0 Å². The van der Waals surface area contributed by atoms with E-state index in [9.17, 15) is 0 Å². The average molecular weight is 270 g/mol. The van der Waals surface area contributed by atoms with Crippen molar-refractivity contribution in [1.82, 2.24) is 0 Å². The monoisotopic (exact) mass is 270 g/mol. The van der Waals surface area contributed by atoms with E-state index < -0.39 is 0 Å². The van der Waals surface area contributed by atoms with Crippen LogP contribution in [0.15, 0.2) is 54.6 Å². The van der Waals surface area contributed by atoms with Crippen LogP contribution in [0.2, 0.25) is 0 Å². The first-order valence-electron chi connectivity index (χ1n) is 7.46. The molecule has 0 aliphatic rings. The van der Waals surface area contributed by atoms with E-state index in [-0.39, 0.29) is 0 Å². The van der Waals surface area contributed by atoms with Gasteiger partial charge in [0.25, 0.3) is 0 Å². The predicted octanol–water partition coefficient (Wildman–Crippen LogP) is 6.07. The summed E-state index contributed by atoms with van der Waals surface area (Å²) in [5, 5.41) is 8.16. The van der Waals surface area contributed by atoms with Crippen LogP contribution in [0.4, 0.5) is 0 Å². The minimum Gasteiger partial charge on any atom is -0.0587 e. The molecule has 0 atom stereocenters. The van der Waals surface area contributed by atoms with Crippen molar-refractivity contribution >= 4 is 32.3 Å². The zero-order valence-corrected chi connectivity index (χ0v) is 12.7. The molecule has 0 unspecified atom stereocenters. The molecule has 0 N–H and O–H groups in total. The van der Waals surface area contributed by atoms with Crippen LogP contribution >= 0.6 is 0 Å². The highest BCUT2D eigenvalue weighted by Crippen LogP contribution is 2.36. The topological polar surface area (TPSA) is 0 Å². The van der Waals surface area contributed by atoms with E-state index in [0.29, 0.717) is 0 Å². The summed E-state index contributed by atoms with van der Waals surface area (Å²) >= 11 is 0. The van der Waals surface area contributed by atoms with Gasteiger partial charge in [0.1, 0.15) is 0 Å². The lowest BCUT2D eigenvalue weighted by Crippen LogP contribution is -1.86. The van der Waals surface area contributed by atoms with Crippen molar-refractivity contribution in [2.45, 2.75) is 20.8 Å². The molecule has 0 aliphatic heterocycles. The largest absolute Gasteiger partial charge is 0.0587 e. The third-order valence-electron chi connectivity index (χ3n) is 4.40. The van der Waals surface area contributed by atoms with Crippen molar-refractivity contribution in [3.63, 3.8) is 0 Å². The molecular weight excluding hydrogens is 252 g/mol. The number of benzene rings is 4. The van der Waals surface area contributed by atoms with Crippen LogP contribution < -0.4 is 0 Å². The Morgan fingerprint density at radius 1 is 0.381 bits per heavy atom. The van der Waals surface area contributed by atoms with Gasteiger partial charge >= 0.3 is 0 Å². The molecule has 0 nitrogen and oxygen atoms in total. The molecule has 4 aromatic carbocycles. The van der Waals surface area contributed by atoms with Crippen LogP contribution in [-0.2, 0) is 0 Å². The van der Waals surface area contributed by atoms with Gasteiger partial charge in [0.15, 0.2) is 0 Å². The maximum absolute atomic E-state index is 2.32. The van der Waals surface area contributed by atoms with Gasteiger partial charge in [-0.15, -0.1) is 0 Å². The second-order valence-electron chi connectivity index (χ2n) is 6.15. The second-order valence-corrected chi connectivity index (χ2v) is 6.15. The van der Waals surface area contributed by atoms with Crippen molar-refractivity contribution in [3.05, 3.63) is 71.3 Å². The Morgan fingerprint density at radius 2 is 0.667 bits per heavy atom. The lowest BCUT2D eigenvalue weighted by molar-refractivity contribution is 1.49. The van der Waals surface area contributed by atoms with Gasteiger partial charge in [-0.1, -0.05) is 71.3 Å². The number of hydrogen-bond acceptors (Lipinski definition) is 0. The van der Waals surface area contributed by atoms with E-state index in [1.807, 2.05) is 0 Å². The first kappa shape index (κ1) is 12.4. The second kappa shape index (κ2) is 4.33. The molecule has 4 rings (SSSR count). The van der Waals surface area contributed by atoms with Crippen LogP contribution in [-0.4, -0.2) is 0 Å². The average Bonchev–Trinajstić information content (AvgIpc) is 2.47. The Morgan fingerprint density at radius 3 is 1.05 bits per heavy atom. The van der Waals surface area contributed by atoms with Gasteiger partial charge in [0.2, 0.25) is 0 Å². The molecule has 0 heterocycles. The van der Waals surface area contributed by atoms with E-state index >= 15 is 0 Å². The summed E-state index contributed by atoms with van der Waals surface area (Å²) in [6.45, 7) is 6.50. The summed E-state index contributed by atoms with van der Waals surface area (Å²) in [7, 11) is 0. The molecule has 102 valence electrons. The summed E-state index contributed by atoms with van der Waals surface area (Å²) < 4.78 is 0. The Hall–Kier alpha value is -2.34. The van der Waals surface area contributed by atoms with Crippen molar-refractivity contribution in [3.8, 4) is 0 Å². The first-order chi connectivity index (χ1) is 10.1. The van der Waals surface area contributed by atoms with Gasteiger partial charge in [0, 0.05) is 0 Å². The van der Waals surface area contributed by atoms with E-state index in [1.165, 1.54) is 49.0 Å². The van der Waals surface area contributed by atoms with Crippen LogP contribution in [0, 0.1) is 20.8 Å². The molecule has 0 saturated heterocycles. The minimum absolute atomic E-state index is 1.32. The Kier molecular flexibility index (Phi) is 2.56. The SMILES string of the molecule is Cc1ccc2c3ccc(C)cc3c3cc(C)ccc3c2c1. The normalized spacial score (nSPS) is 11.6. The van der Waals surface area contributed by atoms with Gasteiger partial charge in [-0.05, 0) is 53.1 Å². The maximum atomic E-state index is 2.32. The lowest BCUT2D eigenvalue weighted by atomic mass is 9.92. The van der Waals surface area contributed by atoms with Crippen LogP contribution in [0.3, 0.4) is 0 Å². The lowest BCUT2D eigenvalue weighted by Gasteiger charge is -2.12. The third kappa shape index (κ3) is 1.83. The van der Waals surface area contributed by atoms with E-state index in [0.717, 1.165) is 0 Å². The molecule has 0 amide bonds. The van der Waals surface area contributed by atoms with Crippen molar-refractivity contribution < 1.29 is 0 Å². The molecule has 0 saturated carbocycles. The van der Waals surface area contributed by atoms with Gasteiger partial charge in [-0.25, -0.2) is 0 Å². The third-order valence-corrected chi connectivity index (χ3v) is 4.40. The number of hydrogen-bond donors (Lipinski definition) is 0. The summed E-state index contributed by atoms with van der Waals surface area (Å²) in [5.74, 6) is 0. The smallest absolute Gasteiger partial charge is 0.00962 e. The molecule has 0 fully saturated rings. The van der Waals surface area contributed by atoms with Gasteiger partial charge < -0.3 is 0 Å². The van der Waals surface area contributed by atoms with Crippen molar-refractivity contribution in [2.75, 3.05) is 0 Å². The molecule has 0 spiro atoms. The first-order valence-corrected chi connectivity index (χ1v) is 7.46. The molecule has 0 aromatic heterocycles. The number of rotatable bonds is 0. The Bertz CT molecular complexity index is 1010. The van der Waals surface area contributed by atoms with Gasteiger partial charge in [-0.2, -0.15) is 0 Å². The molecule has 4 aromatic rings. The fourth-order valence-electron chi connectivity index (χ4n) is 3.35. The highest BCUT2D eigenvalue weighted by atomic mass is 14.1. The van der Waals surface area contributed by atoms with Crippen LogP contribution in [0.1, 0.15) is 16.7 Å². The summed E-state index contributed by atoms with van der Waals surface area (Å²) in [4.78, 5) is 0.